The summed E-state index contributed by atoms with van der Waals surface area (Å²) in [5, 5.41) is 12.8. The van der Waals surface area contributed by atoms with Crippen LogP contribution in [0.25, 0.3) is 33.1 Å². The van der Waals surface area contributed by atoms with Crippen molar-refractivity contribution in [2.24, 2.45) is 0 Å². The molecule has 5 N–H and O–H groups in total. The maximum Gasteiger partial charge on any atom is 0.221 e. The second-order valence-corrected chi connectivity index (χ2v) is 6.56. The van der Waals surface area contributed by atoms with Crippen LogP contribution in [0.4, 0.5) is 17.5 Å². The number of hydrogen-bond donors (Lipinski definition) is 4. The number of nitrogens with zero attached hydrogens (tertiary/aromatic N) is 3. The van der Waals surface area contributed by atoms with Crippen LogP contribution in [0, 0.1) is 6.92 Å². The lowest BCUT2D eigenvalue weighted by Gasteiger charge is -2.09. The molecule has 3 aromatic heterocycles. The predicted molar refractivity (Wildman–Crippen MR) is 108 cm³/mol. The molecule has 0 amide bonds. The van der Waals surface area contributed by atoms with Crippen LogP contribution in [0.5, 0.6) is 0 Å². The number of nitrogens with one attached hydrogen (secondary N) is 3. The van der Waals surface area contributed by atoms with E-state index in [-0.39, 0.29) is 5.95 Å². The second kappa shape index (κ2) is 5.84. The summed E-state index contributed by atoms with van der Waals surface area (Å²) in [6.07, 6.45) is 3.44. The van der Waals surface area contributed by atoms with Gasteiger partial charge in [-0.3, -0.25) is 5.10 Å². The summed E-state index contributed by atoms with van der Waals surface area (Å²) in [5.74, 6) is 0.874. The minimum Gasteiger partial charge on any atom is -0.368 e. The topological polar surface area (TPSA) is 108 Å². The number of H-pyrrole nitrogens is 2. The Kier molecular flexibility index (Phi) is 3.33. The molecule has 0 spiro atoms. The van der Waals surface area contributed by atoms with Gasteiger partial charge in [0.05, 0.1) is 11.7 Å². The van der Waals surface area contributed by atoms with Crippen molar-refractivity contribution >= 4 is 39.3 Å². The lowest BCUT2D eigenvalue weighted by Crippen LogP contribution is -1.99. The first-order chi connectivity index (χ1) is 13.2. The predicted octanol–water partition coefficient (Wildman–Crippen LogP) is 4.14. The highest BCUT2D eigenvalue weighted by Crippen LogP contribution is 2.33. The molecule has 0 aliphatic carbocycles. The molecule has 7 heteroatoms. The van der Waals surface area contributed by atoms with Crippen molar-refractivity contribution in [3.05, 3.63) is 60.4 Å². The maximum absolute atomic E-state index is 5.68. The quantitative estimate of drug-likeness (QED) is 0.389. The van der Waals surface area contributed by atoms with E-state index in [0.29, 0.717) is 5.82 Å². The second-order valence-electron chi connectivity index (χ2n) is 6.56. The summed E-state index contributed by atoms with van der Waals surface area (Å²) in [6.45, 7) is 2.09. The highest BCUT2D eigenvalue weighted by Gasteiger charge is 2.12. The number of benzene rings is 2. The van der Waals surface area contributed by atoms with Gasteiger partial charge in [0, 0.05) is 39.4 Å². The van der Waals surface area contributed by atoms with E-state index in [1.54, 1.807) is 12.3 Å². The molecule has 0 radical (unpaired) electrons. The summed E-state index contributed by atoms with van der Waals surface area (Å²) < 4.78 is 0. The van der Waals surface area contributed by atoms with Gasteiger partial charge in [-0.1, -0.05) is 11.6 Å². The maximum atomic E-state index is 5.68. The van der Waals surface area contributed by atoms with Crippen molar-refractivity contribution in [1.82, 2.24) is 25.1 Å². The van der Waals surface area contributed by atoms with Gasteiger partial charge in [0.25, 0.3) is 0 Å². The van der Waals surface area contributed by atoms with Crippen LogP contribution >= 0.6 is 0 Å². The normalized spacial score (nSPS) is 11.3. The van der Waals surface area contributed by atoms with Gasteiger partial charge in [-0.2, -0.15) is 10.1 Å². The van der Waals surface area contributed by atoms with E-state index in [1.165, 1.54) is 10.9 Å². The van der Waals surface area contributed by atoms with E-state index in [4.69, 9.17) is 5.73 Å². The van der Waals surface area contributed by atoms with Gasteiger partial charge in [0.2, 0.25) is 5.95 Å². The molecular formula is C20H17N7. The minimum atomic E-state index is 0.232. The molecule has 132 valence electrons. The third-order valence-corrected chi connectivity index (χ3v) is 4.56. The van der Waals surface area contributed by atoms with E-state index in [0.717, 1.165) is 33.4 Å². The summed E-state index contributed by atoms with van der Waals surface area (Å²) in [6, 6.07) is 14.4. The molecule has 0 aliphatic rings. The number of nitrogens with two attached hydrogens (primary N) is 1. The zero-order valence-electron chi connectivity index (χ0n) is 14.6. The first kappa shape index (κ1) is 15.4. The summed E-state index contributed by atoms with van der Waals surface area (Å²) in [4.78, 5) is 11.6. The lowest BCUT2D eigenvalue weighted by atomic mass is 10.1. The Balaban J connectivity index is 1.65. The molecule has 5 rings (SSSR count). The molecule has 27 heavy (non-hydrogen) atoms. The molecule has 0 unspecified atom stereocenters. The largest absolute Gasteiger partial charge is 0.368 e. The Bertz CT molecular complexity index is 1280. The Morgan fingerprint density at radius 1 is 1.04 bits per heavy atom. The van der Waals surface area contributed by atoms with Crippen LogP contribution in [0.2, 0.25) is 0 Å². The number of anilines is 3. The zero-order valence-corrected chi connectivity index (χ0v) is 14.6. The molecule has 2 aromatic carbocycles. The summed E-state index contributed by atoms with van der Waals surface area (Å²) >= 11 is 0. The van der Waals surface area contributed by atoms with Gasteiger partial charge in [0.15, 0.2) is 0 Å². The number of aryl methyl sites for hydroxylation is 1. The van der Waals surface area contributed by atoms with Crippen molar-refractivity contribution in [2.45, 2.75) is 6.92 Å². The molecule has 0 aliphatic heterocycles. The molecule has 0 saturated carbocycles. The SMILES string of the molecule is Cc1ccc2[nH]c(-c3cc(Nc4ccnc(N)n4)cc4cn[nH]c34)cc2c1. The van der Waals surface area contributed by atoms with E-state index in [2.05, 4.69) is 67.7 Å². The third-order valence-electron chi connectivity index (χ3n) is 4.56. The van der Waals surface area contributed by atoms with Gasteiger partial charge in [0.1, 0.15) is 5.82 Å². The number of hydrogen-bond acceptors (Lipinski definition) is 5. The van der Waals surface area contributed by atoms with Crippen LogP contribution in [0.15, 0.2) is 54.9 Å². The van der Waals surface area contributed by atoms with Crippen LogP contribution in [-0.2, 0) is 0 Å². The number of nitrogen functional groups attached to an aromatic ring is 1. The van der Waals surface area contributed by atoms with Crippen LogP contribution in [0.3, 0.4) is 0 Å². The fourth-order valence-electron chi connectivity index (χ4n) is 3.33. The van der Waals surface area contributed by atoms with Crippen molar-refractivity contribution in [2.75, 3.05) is 11.1 Å². The molecule has 7 nitrogen and oxygen atoms in total. The Hall–Kier alpha value is -3.87. The summed E-state index contributed by atoms with van der Waals surface area (Å²) in [5.41, 5.74) is 11.9. The highest BCUT2D eigenvalue weighted by molar-refractivity contribution is 5.98. The van der Waals surface area contributed by atoms with Crippen molar-refractivity contribution in [3.63, 3.8) is 0 Å². The van der Waals surface area contributed by atoms with Gasteiger partial charge < -0.3 is 16.0 Å². The van der Waals surface area contributed by atoms with E-state index in [9.17, 15) is 0 Å². The average molecular weight is 355 g/mol. The van der Waals surface area contributed by atoms with E-state index < -0.39 is 0 Å². The average Bonchev–Trinajstić information content (AvgIpc) is 3.27. The monoisotopic (exact) mass is 355 g/mol. The van der Waals surface area contributed by atoms with Crippen molar-refractivity contribution < 1.29 is 0 Å². The van der Waals surface area contributed by atoms with Gasteiger partial charge in [-0.25, -0.2) is 4.98 Å². The standard InChI is InChI=1S/C20H17N7/c1-11-2-3-16-12(6-11)8-17(25-16)15-9-14(7-13-10-23-27-19(13)15)24-18-4-5-22-20(21)26-18/h2-10,25H,1H3,(H,23,27)(H3,21,22,24,26). The Morgan fingerprint density at radius 3 is 2.85 bits per heavy atom. The molecule has 0 bridgehead atoms. The van der Waals surface area contributed by atoms with E-state index in [1.807, 2.05) is 12.3 Å². The molecule has 5 aromatic rings. The number of aromatic amines is 2. The number of fused-ring (bicyclic) bond motifs is 2. The number of aromatic nitrogens is 5. The van der Waals surface area contributed by atoms with Crippen LogP contribution < -0.4 is 11.1 Å². The molecule has 0 fully saturated rings. The van der Waals surface area contributed by atoms with Crippen molar-refractivity contribution in [3.8, 4) is 11.3 Å². The Morgan fingerprint density at radius 2 is 1.96 bits per heavy atom. The Labute approximate surface area is 154 Å². The summed E-state index contributed by atoms with van der Waals surface area (Å²) in [7, 11) is 0. The number of rotatable bonds is 3. The molecule has 0 atom stereocenters. The smallest absolute Gasteiger partial charge is 0.221 e. The fourth-order valence-corrected chi connectivity index (χ4v) is 3.33. The van der Waals surface area contributed by atoms with Crippen LogP contribution in [0.1, 0.15) is 5.56 Å². The highest BCUT2D eigenvalue weighted by atomic mass is 15.1. The van der Waals surface area contributed by atoms with Gasteiger partial charge >= 0.3 is 0 Å². The lowest BCUT2D eigenvalue weighted by molar-refractivity contribution is 1.12. The molecule has 3 heterocycles. The minimum absolute atomic E-state index is 0.232. The zero-order chi connectivity index (χ0) is 18.4. The fraction of sp³-hybridized carbons (Fsp3) is 0.0500. The first-order valence-corrected chi connectivity index (χ1v) is 8.58. The van der Waals surface area contributed by atoms with Gasteiger partial charge in [-0.05, 0) is 43.3 Å². The van der Waals surface area contributed by atoms with Crippen LogP contribution in [-0.4, -0.2) is 25.1 Å². The molecular weight excluding hydrogens is 338 g/mol. The first-order valence-electron chi connectivity index (χ1n) is 8.58. The van der Waals surface area contributed by atoms with Crippen molar-refractivity contribution in [1.29, 1.82) is 0 Å². The third kappa shape index (κ3) is 2.75. The van der Waals surface area contributed by atoms with Gasteiger partial charge in [-0.15, -0.1) is 0 Å². The van der Waals surface area contributed by atoms with E-state index >= 15 is 0 Å². The molecule has 0 saturated heterocycles.